The largest absolute Gasteiger partial charge is 0.457 e. The van der Waals surface area contributed by atoms with Crippen molar-refractivity contribution >= 4 is 34.8 Å². The molecule has 1 aliphatic heterocycles. The number of hydrogen-bond donors (Lipinski definition) is 2. The number of carbonyl (C=O) groups excluding carboxylic acids is 2. The molecule has 194 valence electrons. The molecule has 1 fully saturated rings. The van der Waals surface area contributed by atoms with Crippen LogP contribution < -0.4 is 16.4 Å². The van der Waals surface area contributed by atoms with Crippen LogP contribution in [0.1, 0.15) is 38.7 Å². The van der Waals surface area contributed by atoms with E-state index in [-0.39, 0.29) is 52.6 Å². The molecule has 2 aromatic heterocycles. The predicted octanol–water partition coefficient (Wildman–Crippen LogP) is 2.77. The summed E-state index contributed by atoms with van der Waals surface area (Å²) in [5.41, 5.74) is 11.1. The number of non-ortho nitro benzene ring substituents is 1. The molecule has 12 nitrogen and oxygen atoms in total. The van der Waals surface area contributed by atoms with Crippen LogP contribution in [0.3, 0.4) is 0 Å². The van der Waals surface area contributed by atoms with Gasteiger partial charge in [0.1, 0.15) is 29.1 Å². The molecule has 4 aromatic rings. The Labute approximate surface area is 212 Å². The Kier molecular flexibility index (Phi) is 6.06. The summed E-state index contributed by atoms with van der Waals surface area (Å²) < 4.78 is 35.8. The molecule has 14 heteroatoms. The van der Waals surface area contributed by atoms with Crippen molar-refractivity contribution in [3.63, 3.8) is 0 Å². The van der Waals surface area contributed by atoms with Gasteiger partial charge < -0.3 is 21.1 Å². The first-order valence-electron chi connectivity index (χ1n) is 11.2. The van der Waals surface area contributed by atoms with Crippen LogP contribution in [0, 0.1) is 21.7 Å². The van der Waals surface area contributed by atoms with Crippen LogP contribution in [-0.2, 0) is 4.74 Å². The minimum atomic E-state index is -0.841. The first-order valence-corrected chi connectivity index (χ1v) is 11.2. The van der Waals surface area contributed by atoms with Crippen LogP contribution in [0.5, 0.6) is 0 Å². The van der Waals surface area contributed by atoms with E-state index in [9.17, 15) is 28.5 Å². The fourth-order valence-corrected chi connectivity index (χ4v) is 4.47. The van der Waals surface area contributed by atoms with E-state index in [2.05, 4.69) is 10.1 Å². The number of nitrogen functional groups attached to an aromatic ring is 1. The van der Waals surface area contributed by atoms with Crippen molar-refractivity contribution in [3.8, 4) is 0 Å². The maximum atomic E-state index is 14.8. The van der Waals surface area contributed by atoms with E-state index in [1.165, 1.54) is 41.0 Å². The number of primary amides is 1. The highest BCUT2D eigenvalue weighted by Gasteiger charge is 2.38. The average molecular weight is 523 g/mol. The van der Waals surface area contributed by atoms with Gasteiger partial charge in [-0.3, -0.25) is 14.9 Å². The van der Waals surface area contributed by atoms with Gasteiger partial charge in [-0.1, -0.05) is 0 Å². The second-order valence-electron chi connectivity index (χ2n) is 8.58. The summed E-state index contributed by atoms with van der Waals surface area (Å²) in [5.74, 6) is -2.78. The molecule has 3 heterocycles. The van der Waals surface area contributed by atoms with Crippen molar-refractivity contribution in [2.24, 2.45) is 5.73 Å². The summed E-state index contributed by atoms with van der Waals surface area (Å²) in [6.07, 6.45) is 0.778. The third-order valence-electron chi connectivity index (χ3n) is 6.21. The summed E-state index contributed by atoms with van der Waals surface area (Å²) in [6.45, 7) is 0.0397. The Morgan fingerprint density at radius 1 is 1.13 bits per heavy atom. The molecule has 0 saturated carbocycles. The normalized spacial score (nSPS) is 17.1. The number of nitro groups is 1. The molecular formula is C24H19F2N7O5. The number of esters is 1. The van der Waals surface area contributed by atoms with Crippen LogP contribution >= 0.6 is 0 Å². The summed E-state index contributed by atoms with van der Waals surface area (Å²) in [7, 11) is 0. The Morgan fingerprint density at radius 3 is 2.55 bits per heavy atom. The van der Waals surface area contributed by atoms with E-state index >= 15 is 0 Å². The number of amides is 1. The minimum absolute atomic E-state index is 0.0173. The van der Waals surface area contributed by atoms with Gasteiger partial charge in [0.15, 0.2) is 11.5 Å². The maximum absolute atomic E-state index is 14.8. The maximum Gasteiger partial charge on any atom is 0.338 e. The molecule has 1 aliphatic rings. The van der Waals surface area contributed by atoms with E-state index in [1.807, 2.05) is 0 Å². The lowest BCUT2D eigenvalue weighted by Crippen LogP contribution is -2.27. The number of hydrogen-bond acceptors (Lipinski definition) is 9. The molecule has 2 aromatic carbocycles. The zero-order valence-electron chi connectivity index (χ0n) is 19.5. The topological polar surface area (TPSA) is 172 Å². The third-order valence-corrected chi connectivity index (χ3v) is 6.21. The summed E-state index contributed by atoms with van der Waals surface area (Å²) in [4.78, 5) is 41.0. The number of rotatable bonds is 6. The fraction of sp³-hybridized carbons (Fsp3) is 0.167. The first-order chi connectivity index (χ1) is 18.1. The molecular weight excluding hydrogens is 504 g/mol. The summed E-state index contributed by atoms with van der Waals surface area (Å²) in [6, 6.07) is 8.66. The highest BCUT2D eigenvalue weighted by Crippen LogP contribution is 2.38. The van der Waals surface area contributed by atoms with Gasteiger partial charge >= 0.3 is 5.97 Å². The van der Waals surface area contributed by atoms with Gasteiger partial charge in [-0.05, 0) is 36.4 Å². The highest BCUT2D eigenvalue weighted by atomic mass is 19.1. The SMILES string of the molecule is NC(=O)c1c(N)nn2ccc(N3C[C@@H](OC(=O)c4ccc([N+](=O)[O-])cc4)C[C@H]3c3cc(F)ccc3F)nc12. The van der Waals surface area contributed by atoms with Gasteiger partial charge in [-0.25, -0.2) is 23.1 Å². The van der Waals surface area contributed by atoms with Crippen molar-refractivity contribution in [2.45, 2.75) is 18.6 Å². The predicted molar refractivity (Wildman–Crippen MR) is 129 cm³/mol. The molecule has 0 aliphatic carbocycles. The van der Waals surface area contributed by atoms with Crippen molar-refractivity contribution in [1.82, 2.24) is 14.6 Å². The number of carbonyl (C=O) groups is 2. The van der Waals surface area contributed by atoms with Gasteiger partial charge in [0.05, 0.1) is 23.1 Å². The number of anilines is 2. The van der Waals surface area contributed by atoms with Crippen LogP contribution in [0.25, 0.3) is 5.65 Å². The minimum Gasteiger partial charge on any atom is -0.457 e. The molecule has 0 radical (unpaired) electrons. The fourth-order valence-electron chi connectivity index (χ4n) is 4.47. The Balaban J connectivity index is 1.49. The van der Waals surface area contributed by atoms with Crippen LogP contribution in [-0.4, -0.2) is 44.0 Å². The first kappa shape index (κ1) is 24.5. The zero-order chi connectivity index (χ0) is 27.1. The number of nitrogens with zero attached hydrogens (tertiary/aromatic N) is 5. The van der Waals surface area contributed by atoms with Crippen LogP contribution in [0.15, 0.2) is 54.7 Å². The molecule has 1 saturated heterocycles. The number of aromatic nitrogens is 3. The monoisotopic (exact) mass is 523 g/mol. The van der Waals surface area contributed by atoms with E-state index in [1.54, 1.807) is 4.90 Å². The van der Waals surface area contributed by atoms with Crippen molar-refractivity contribution in [1.29, 1.82) is 0 Å². The molecule has 1 amide bonds. The number of fused-ring (bicyclic) bond motifs is 1. The number of nitrogens with two attached hydrogens (primary N) is 2. The summed E-state index contributed by atoms with van der Waals surface area (Å²) in [5, 5.41) is 14.9. The average Bonchev–Trinajstić information content (AvgIpc) is 3.45. The van der Waals surface area contributed by atoms with Crippen LogP contribution in [0.2, 0.25) is 0 Å². The van der Waals surface area contributed by atoms with E-state index in [0.717, 1.165) is 18.2 Å². The second-order valence-corrected chi connectivity index (χ2v) is 8.58. The summed E-state index contributed by atoms with van der Waals surface area (Å²) >= 11 is 0. The second kappa shape index (κ2) is 9.38. The lowest BCUT2D eigenvalue weighted by molar-refractivity contribution is -0.384. The van der Waals surface area contributed by atoms with E-state index < -0.39 is 40.6 Å². The highest BCUT2D eigenvalue weighted by molar-refractivity contribution is 6.03. The van der Waals surface area contributed by atoms with Crippen LogP contribution in [0.4, 0.5) is 26.1 Å². The molecule has 0 bridgehead atoms. The van der Waals surface area contributed by atoms with E-state index in [4.69, 9.17) is 16.2 Å². The Bertz CT molecular complexity index is 1590. The number of benzene rings is 2. The smallest absolute Gasteiger partial charge is 0.338 e. The molecule has 0 spiro atoms. The Morgan fingerprint density at radius 2 is 1.87 bits per heavy atom. The van der Waals surface area contributed by atoms with Gasteiger partial charge in [-0.15, -0.1) is 5.10 Å². The number of halogens is 2. The van der Waals surface area contributed by atoms with Gasteiger partial charge in [0.2, 0.25) is 0 Å². The van der Waals surface area contributed by atoms with Crippen molar-refractivity contribution in [2.75, 3.05) is 17.2 Å². The molecule has 5 rings (SSSR count). The lowest BCUT2D eigenvalue weighted by Gasteiger charge is -2.26. The molecule has 2 atom stereocenters. The quantitative estimate of drug-likeness (QED) is 0.219. The van der Waals surface area contributed by atoms with Gasteiger partial charge in [-0.2, -0.15) is 0 Å². The van der Waals surface area contributed by atoms with Gasteiger partial charge in [0.25, 0.3) is 11.6 Å². The standard InChI is InChI=1S/C24H19F2N7O5/c25-13-3-6-17(26)16(9-13)18-10-15(38-24(35)12-1-4-14(5-2-12)33(36)37)11-31(18)19-7-8-32-23(29-19)20(22(28)34)21(27)30-32/h1-9,15,18H,10-11H2,(H2,27,30)(H2,28,34)/t15-,18-/m0/s1. The number of ether oxygens (including phenoxy) is 1. The molecule has 38 heavy (non-hydrogen) atoms. The molecule has 0 unspecified atom stereocenters. The van der Waals surface area contributed by atoms with E-state index in [0.29, 0.717) is 0 Å². The lowest BCUT2D eigenvalue weighted by atomic mass is 10.0. The number of nitro benzene ring substituents is 1. The zero-order valence-corrected chi connectivity index (χ0v) is 19.5. The van der Waals surface area contributed by atoms with Crippen molar-refractivity contribution < 1.29 is 28.0 Å². The van der Waals surface area contributed by atoms with Gasteiger partial charge in [0, 0.05) is 30.3 Å². The van der Waals surface area contributed by atoms with Crippen molar-refractivity contribution in [3.05, 3.63) is 93.2 Å². The Hall–Kier alpha value is -5.14. The third kappa shape index (κ3) is 4.42. The molecule has 4 N–H and O–H groups in total.